The molecule has 4 aromatic rings. The summed E-state index contributed by atoms with van der Waals surface area (Å²) in [7, 11) is -3.47. The van der Waals surface area contributed by atoms with Crippen LogP contribution in [0.2, 0.25) is 0 Å². The van der Waals surface area contributed by atoms with E-state index in [0.29, 0.717) is 36.6 Å². The molecule has 0 saturated carbocycles. The maximum absolute atomic E-state index is 12.1. The number of fused-ring (bicyclic) bond motifs is 1. The lowest BCUT2D eigenvalue weighted by molar-refractivity contribution is -0.138. The summed E-state index contributed by atoms with van der Waals surface area (Å²) in [5.74, 6) is -0.817. The molecule has 10 heteroatoms. The van der Waals surface area contributed by atoms with Gasteiger partial charge >= 0.3 is 5.97 Å². The third kappa shape index (κ3) is 6.89. The van der Waals surface area contributed by atoms with Gasteiger partial charge in [0, 0.05) is 16.1 Å². The number of hydrogen-bond donors (Lipinski definition) is 3. The first-order valence-corrected chi connectivity index (χ1v) is 15.3. The highest BCUT2D eigenvalue weighted by atomic mass is 32.2. The lowest BCUT2D eigenvalue weighted by atomic mass is 9.92. The van der Waals surface area contributed by atoms with Gasteiger partial charge in [0.2, 0.25) is 10.0 Å². The minimum absolute atomic E-state index is 0.110. The normalized spacial score (nSPS) is 12.3. The Morgan fingerprint density at radius 1 is 1.05 bits per heavy atom. The molecule has 3 N–H and O–H groups in total. The van der Waals surface area contributed by atoms with Crippen molar-refractivity contribution in [1.29, 1.82) is 0 Å². The van der Waals surface area contributed by atoms with Crippen LogP contribution >= 0.6 is 11.3 Å². The molecule has 0 saturated heterocycles. The molecule has 0 radical (unpaired) electrons. The molecule has 0 fully saturated rings. The number of rotatable bonds is 13. The number of nitrogens with zero attached hydrogens (tertiary/aromatic N) is 1. The van der Waals surface area contributed by atoms with Crippen molar-refractivity contribution >= 4 is 48.8 Å². The van der Waals surface area contributed by atoms with Crippen LogP contribution < -0.4 is 14.4 Å². The summed E-state index contributed by atoms with van der Waals surface area (Å²) < 4.78 is 33.2. The second-order valence-electron chi connectivity index (χ2n) is 9.12. The number of hydrogen-bond acceptors (Lipinski definition) is 7. The summed E-state index contributed by atoms with van der Waals surface area (Å²) in [6.07, 6.45) is 1.58. The summed E-state index contributed by atoms with van der Waals surface area (Å²) in [5.41, 5.74) is 2.88. The average Bonchev–Trinajstić information content (AvgIpc) is 3.27. The van der Waals surface area contributed by atoms with E-state index in [4.69, 9.17) is 4.74 Å². The van der Waals surface area contributed by atoms with E-state index in [9.17, 15) is 23.4 Å². The van der Waals surface area contributed by atoms with E-state index in [1.165, 1.54) is 0 Å². The van der Waals surface area contributed by atoms with Crippen LogP contribution in [0.1, 0.15) is 24.8 Å². The Balaban J connectivity index is 1.58. The van der Waals surface area contributed by atoms with Crippen LogP contribution in [0.3, 0.4) is 0 Å². The Bertz CT molecular complexity index is 1540. The van der Waals surface area contributed by atoms with Crippen LogP contribution in [-0.4, -0.2) is 57.2 Å². The minimum Gasteiger partial charge on any atom is -0.492 e. The zero-order chi connectivity index (χ0) is 28.0. The number of carboxylic acid groups (broad SMARTS) is 1. The lowest BCUT2D eigenvalue weighted by Gasteiger charge is -2.26. The molecule has 0 aliphatic rings. The first-order chi connectivity index (χ1) is 18.7. The van der Waals surface area contributed by atoms with Gasteiger partial charge in [-0.3, -0.25) is 9.52 Å². The molecular weight excluding hydrogens is 536 g/mol. The molecule has 39 heavy (non-hydrogen) atoms. The maximum atomic E-state index is 12.1. The van der Waals surface area contributed by atoms with Crippen molar-refractivity contribution in [3.63, 3.8) is 0 Å². The first kappa shape index (κ1) is 28.4. The molecule has 0 bridgehead atoms. The summed E-state index contributed by atoms with van der Waals surface area (Å²) in [6.45, 7) is 2.77. The Hall–Kier alpha value is -3.60. The standard InChI is InChI=1S/C29H32N2O6S2/c1-3-22(29(33)34)27-23-14-13-21(19-26(23)38-28(27)20-9-5-4-6-10-20)37-18-16-31(15-17-32)25-12-8-7-11-24(25)30-39(2,35)36/h4-14,19,22,30,32H,3,15-18H2,1-2H3,(H,33,34). The number of aliphatic carboxylic acids is 1. The largest absolute Gasteiger partial charge is 0.492 e. The summed E-state index contributed by atoms with van der Waals surface area (Å²) in [6, 6.07) is 22.5. The molecule has 206 valence electrons. The first-order valence-electron chi connectivity index (χ1n) is 12.6. The number of ether oxygens (including phenoxy) is 1. The number of aliphatic hydroxyl groups excluding tert-OH is 1. The molecule has 1 atom stereocenters. The molecule has 0 aliphatic carbocycles. The molecule has 0 amide bonds. The van der Waals surface area contributed by atoms with E-state index in [0.717, 1.165) is 32.3 Å². The molecule has 3 aromatic carbocycles. The second kappa shape index (κ2) is 12.5. The summed E-state index contributed by atoms with van der Waals surface area (Å²) in [4.78, 5) is 14.9. The Morgan fingerprint density at radius 3 is 2.44 bits per heavy atom. The van der Waals surface area contributed by atoms with Gasteiger partial charge in [0.25, 0.3) is 0 Å². The Morgan fingerprint density at radius 2 is 1.77 bits per heavy atom. The van der Waals surface area contributed by atoms with Crippen LogP contribution in [0.5, 0.6) is 5.75 Å². The molecule has 1 unspecified atom stereocenters. The van der Waals surface area contributed by atoms with Gasteiger partial charge < -0.3 is 19.8 Å². The monoisotopic (exact) mass is 568 g/mol. The number of carbonyl (C=O) groups is 1. The fraction of sp³-hybridized carbons (Fsp3) is 0.276. The third-order valence-electron chi connectivity index (χ3n) is 6.33. The van der Waals surface area contributed by atoms with E-state index in [2.05, 4.69) is 4.72 Å². The summed E-state index contributed by atoms with van der Waals surface area (Å²) in [5, 5.41) is 20.5. The molecular formula is C29H32N2O6S2. The third-order valence-corrected chi connectivity index (χ3v) is 8.14. The molecule has 1 heterocycles. The van der Waals surface area contributed by atoms with Crippen molar-refractivity contribution in [3.05, 3.63) is 78.4 Å². The van der Waals surface area contributed by atoms with Crippen molar-refractivity contribution in [2.24, 2.45) is 0 Å². The van der Waals surface area contributed by atoms with Gasteiger partial charge in [-0.15, -0.1) is 11.3 Å². The van der Waals surface area contributed by atoms with Crippen LogP contribution in [0, 0.1) is 0 Å². The number of anilines is 2. The predicted molar refractivity (Wildman–Crippen MR) is 158 cm³/mol. The second-order valence-corrected chi connectivity index (χ2v) is 11.9. The van der Waals surface area contributed by atoms with Crippen LogP contribution in [-0.2, 0) is 14.8 Å². The number of benzene rings is 3. The number of para-hydroxylation sites is 2. The molecule has 0 spiro atoms. The van der Waals surface area contributed by atoms with E-state index < -0.39 is 21.9 Å². The van der Waals surface area contributed by atoms with Gasteiger partial charge in [0.1, 0.15) is 12.4 Å². The van der Waals surface area contributed by atoms with E-state index in [1.807, 2.05) is 60.4 Å². The number of nitrogens with one attached hydrogen (secondary N) is 1. The number of thiophene rings is 1. The van der Waals surface area contributed by atoms with Crippen molar-refractivity contribution in [1.82, 2.24) is 0 Å². The fourth-order valence-corrected chi connectivity index (χ4v) is 6.49. The highest BCUT2D eigenvalue weighted by Crippen LogP contribution is 2.44. The number of aliphatic hydroxyl groups is 1. The lowest BCUT2D eigenvalue weighted by Crippen LogP contribution is -2.32. The predicted octanol–water partition coefficient (Wildman–Crippen LogP) is 5.40. The van der Waals surface area contributed by atoms with Crippen LogP contribution in [0.15, 0.2) is 72.8 Å². The Labute approximate surface area is 232 Å². The molecule has 1 aromatic heterocycles. The Kier molecular flexibility index (Phi) is 9.11. The van der Waals surface area contributed by atoms with Gasteiger partial charge in [-0.2, -0.15) is 0 Å². The minimum atomic E-state index is -3.47. The topological polar surface area (TPSA) is 116 Å². The van der Waals surface area contributed by atoms with Crippen LogP contribution in [0.4, 0.5) is 11.4 Å². The zero-order valence-electron chi connectivity index (χ0n) is 21.8. The summed E-state index contributed by atoms with van der Waals surface area (Å²) >= 11 is 1.55. The maximum Gasteiger partial charge on any atom is 0.311 e. The number of sulfonamides is 1. The van der Waals surface area contributed by atoms with Crippen molar-refractivity contribution in [2.45, 2.75) is 19.3 Å². The van der Waals surface area contributed by atoms with Gasteiger partial charge in [-0.1, -0.05) is 49.4 Å². The van der Waals surface area contributed by atoms with Gasteiger partial charge in [0.15, 0.2) is 0 Å². The quantitative estimate of drug-likeness (QED) is 0.198. The SMILES string of the molecule is CCC(C(=O)O)c1c(-c2ccccc2)sc2cc(OCCN(CCO)c3ccccc3NS(C)(=O)=O)ccc12. The smallest absolute Gasteiger partial charge is 0.311 e. The average molecular weight is 569 g/mol. The molecule has 0 aliphatic heterocycles. The highest BCUT2D eigenvalue weighted by Gasteiger charge is 2.26. The van der Waals surface area contributed by atoms with Crippen molar-refractivity contribution < 1.29 is 28.2 Å². The van der Waals surface area contributed by atoms with Gasteiger partial charge in [0.05, 0.1) is 36.7 Å². The number of carboxylic acids is 1. The fourth-order valence-electron chi connectivity index (χ4n) is 4.62. The molecule has 4 rings (SSSR count). The van der Waals surface area contributed by atoms with Gasteiger partial charge in [-0.05, 0) is 53.3 Å². The zero-order valence-corrected chi connectivity index (χ0v) is 23.5. The van der Waals surface area contributed by atoms with E-state index in [1.54, 1.807) is 35.6 Å². The van der Waals surface area contributed by atoms with Gasteiger partial charge in [-0.25, -0.2) is 8.42 Å². The van der Waals surface area contributed by atoms with Crippen molar-refractivity contribution in [3.8, 4) is 16.2 Å². The van der Waals surface area contributed by atoms with E-state index >= 15 is 0 Å². The van der Waals surface area contributed by atoms with E-state index in [-0.39, 0.29) is 13.2 Å². The van der Waals surface area contributed by atoms with Crippen LogP contribution in [0.25, 0.3) is 20.5 Å². The van der Waals surface area contributed by atoms with Crippen molar-refractivity contribution in [2.75, 3.05) is 42.2 Å². The highest BCUT2D eigenvalue weighted by molar-refractivity contribution is 7.92. The molecule has 8 nitrogen and oxygen atoms in total.